The molecule has 0 saturated heterocycles. The number of hydrogen-bond donors (Lipinski definition) is 1. The first-order valence-electron chi connectivity index (χ1n) is 5.04. The van der Waals surface area contributed by atoms with E-state index in [9.17, 15) is 4.79 Å². The Morgan fingerprint density at radius 3 is 2.08 bits per heavy atom. The molecule has 0 spiro atoms. The zero-order valence-electron chi connectivity index (χ0n) is 8.21. The zero-order chi connectivity index (χ0) is 9.73. The molecule has 0 aromatic rings. The van der Waals surface area contributed by atoms with Crippen LogP contribution < -0.4 is 0 Å². The number of ether oxygens (including phenoxy) is 1. The van der Waals surface area contributed by atoms with Crippen LogP contribution in [0.4, 0.5) is 4.79 Å². The third-order valence-electron chi connectivity index (χ3n) is 2.74. The van der Waals surface area contributed by atoms with Crippen LogP contribution >= 0.6 is 0 Å². The van der Waals surface area contributed by atoms with Crippen molar-refractivity contribution >= 4 is 6.16 Å². The van der Waals surface area contributed by atoms with Crippen LogP contribution in [0.2, 0.25) is 0 Å². The highest BCUT2D eigenvalue weighted by Gasteiger charge is 2.28. The molecule has 13 heavy (non-hydrogen) atoms. The maximum absolute atomic E-state index is 10.4. The van der Waals surface area contributed by atoms with Crippen LogP contribution in [0.5, 0.6) is 0 Å². The summed E-state index contributed by atoms with van der Waals surface area (Å²) in [5, 5.41) is 8.57. The summed E-state index contributed by atoms with van der Waals surface area (Å²) < 4.78 is 4.93. The van der Waals surface area contributed by atoms with Gasteiger partial charge in [-0.3, -0.25) is 0 Å². The van der Waals surface area contributed by atoms with E-state index in [1.165, 1.54) is 19.3 Å². The smallest absolute Gasteiger partial charge is 0.450 e. The highest BCUT2D eigenvalue weighted by Crippen LogP contribution is 2.29. The fourth-order valence-corrected chi connectivity index (χ4v) is 1.97. The van der Waals surface area contributed by atoms with E-state index in [-0.39, 0.29) is 0 Å². The monoisotopic (exact) mass is 186 g/mol. The minimum atomic E-state index is -1.14. The number of rotatable bonds is 1. The van der Waals surface area contributed by atoms with E-state index in [1.54, 1.807) is 0 Å². The predicted octanol–water partition coefficient (Wildman–Crippen LogP) is 3.18. The number of carbonyl (C=O) groups is 1. The summed E-state index contributed by atoms with van der Waals surface area (Å²) in [6, 6.07) is 0. The van der Waals surface area contributed by atoms with Crippen LogP contribution in [0.25, 0.3) is 0 Å². The highest BCUT2D eigenvalue weighted by molar-refractivity contribution is 5.57. The summed E-state index contributed by atoms with van der Waals surface area (Å²) in [5.41, 5.74) is -0.424. The summed E-state index contributed by atoms with van der Waals surface area (Å²) in [6.07, 6.45) is 6.48. The SMILES string of the molecule is CC1(OC(=O)O)CCCCCCC1. The Labute approximate surface area is 79.1 Å². The van der Waals surface area contributed by atoms with Crippen molar-refractivity contribution in [2.45, 2.75) is 57.5 Å². The van der Waals surface area contributed by atoms with Crippen molar-refractivity contribution in [2.24, 2.45) is 0 Å². The van der Waals surface area contributed by atoms with Gasteiger partial charge in [0.1, 0.15) is 5.60 Å². The first kappa shape index (κ1) is 10.4. The largest absolute Gasteiger partial charge is 0.506 e. The maximum Gasteiger partial charge on any atom is 0.506 e. The molecule has 1 rings (SSSR count). The van der Waals surface area contributed by atoms with Gasteiger partial charge in [0.2, 0.25) is 0 Å². The van der Waals surface area contributed by atoms with Crippen molar-refractivity contribution < 1.29 is 14.6 Å². The molecular weight excluding hydrogens is 168 g/mol. The van der Waals surface area contributed by atoms with Gasteiger partial charge in [0, 0.05) is 0 Å². The van der Waals surface area contributed by atoms with E-state index in [0.29, 0.717) is 0 Å². The number of hydrogen-bond acceptors (Lipinski definition) is 2. The zero-order valence-corrected chi connectivity index (χ0v) is 8.21. The molecule has 76 valence electrons. The summed E-state index contributed by atoms with van der Waals surface area (Å²) >= 11 is 0. The van der Waals surface area contributed by atoms with E-state index in [1.807, 2.05) is 6.92 Å². The van der Waals surface area contributed by atoms with E-state index in [4.69, 9.17) is 9.84 Å². The average molecular weight is 186 g/mol. The molecule has 0 aromatic carbocycles. The Balaban J connectivity index is 2.46. The number of carboxylic acid groups (broad SMARTS) is 1. The summed E-state index contributed by atoms with van der Waals surface area (Å²) in [6.45, 7) is 1.91. The fraction of sp³-hybridized carbons (Fsp3) is 0.900. The summed E-state index contributed by atoms with van der Waals surface area (Å²) in [7, 11) is 0. The minimum absolute atomic E-state index is 0.424. The third-order valence-corrected chi connectivity index (χ3v) is 2.74. The van der Waals surface area contributed by atoms with Crippen molar-refractivity contribution in [1.82, 2.24) is 0 Å². The summed E-state index contributed by atoms with van der Waals surface area (Å²) in [4.78, 5) is 10.4. The van der Waals surface area contributed by atoms with Crippen LogP contribution in [0.3, 0.4) is 0 Å². The van der Waals surface area contributed by atoms with Crippen molar-refractivity contribution in [3.63, 3.8) is 0 Å². The molecule has 0 aliphatic heterocycles. The Morgan fingerprint density at radius 1 is 1.15 bits per heavy atom. The van der Waals surface area contributed by atoms with Gasteiger partial charge < -0.3 is 9.84 Å². The fourth-order valence-electron chi connectivity index (χ4n) is 1.97. The van der Waals surface area contributed by atoms with Crippen LogP contribution in [-0.4, -0.2) is 16.9 Å². The molecule has 0 aromatic heterocycles. The van der Waals surface area contributed by atoms with Crippen LogP contribution in [-0.2, 0) is 4.74 Å². The average Bonchev–Trinajstić information content (AvgIpc) is 1.97. The molecule has 1 saturated carbocycles. The lowest BCUT2D eigenvalue weighted by molar-refractivity contribution is -0.0226. The lowest BCUT2D eigenvalue weighted by Gasteiger charge is -2.29. The van der Waals surface area contributed by atoms with Crippen LogP contribution in [0, 0.1) is 0 Å². The van der Waals surface area contributed by atoms with Crippen molar-refractivity contribution in [2.75, 3.05) is 0 Å². The van der Waals surface area contributed by atoms with E-state index < -0.39 is 11.8 Å². The van der Waals surface area contributed by atoms with E-state index in [0.717, 1.165) is 25.7 Å². The molecule has 1 aliphatic rings. The molecule has 1 fully saturated rings. The van der Waals surface area contributed by atoms with Gasteiger partial charge in [0.15, 0.2) is 0 Å². The van der Waals surface area contributed by atoms with Gasteiger partial charge >= 0.3 is 6.16 Å². The molecule has 0 bridgehead atoms. The predicted molar refractivity (Wildman–Crippen MR) is 49.8 cm³/mol. The first-order chi connectivity index (χ1) is 6.12. The lowest BCUT2D eigenvalue weighted by atomic mass is 9.88. The Kier molecular flexibility index (Phi) is 3.58. The summed E-state index contributed by atoms with van der Waals surface area (Å²) in [5.74, 6) is 0. The molecule has 1 aliphatic carbocycles. The van der Waals surface area contributed by atoms with Gasteiger partial charge in [0.05, 0.1) is 0 Å². The lowest BCUT2D eigenvalue weighted by Crippen LogP contribution is -2.31. The maximum atomic E-state index is 10.4. The molecular formula is C10H18O3. The van der Waals surface area contributed by atoms with Crippen molar-refractivity contribution in [1.29, 1.82) is 0 Å². The van der Waals surface area contributed by atoms with Gasteiger partial charge in [-0.25, -0.2) is 4.79 Å². The third kappa shape index (κ3) is 3.66. The van der Waals surface area contributed by atoms with Crippen molar-refractivity contribution in [3.05, 3.63) is 0 Å². The second-order valence-electron chi connectivity index (χ2n) is 4.09. The minimum Gasteiger partial charge on any atom is -0.450 e. The normalized spacial score (nSPS) is 22.8. The first-order valence-corrected chi connectivity index (χ1v) is 5.04. The Bertz CT molecular complexity index is 169. The Hall–Kier alpha value is -0.730. The van der Waals surface area contributed by atoms with Gasteiger partial charge in [-0.1, -0.05) is 19.3 Å². The van der Waals surface area contributed by atoms with Gasteiger partial charge in [0.25, 0.3) is 0 Å². The molecule has 0 heterocycles. The second kappa shape index (κ2) is 4.49. The molecule has 0 unspecified atom stereocenters. The highest BCUT2D eigenvalue weighted by atomic mass is 16.7. The second-order valence-corrected chi connectivity index (χ2v) is 4.09. The standard InChI is InChI=1S/C10H18O3/c1-10(13-9(11)12)7-5-3-2-4-6-8-10/h2-8H2,1H3,(H,11,12). The quantitative estimate of drug-likeness (QED) is 0.640. The molecule has 0 radical (unpaired) electrons. The van der Waals surface area contributed by atoms with Gasteiger partial charge in [-0.2, -0.15) is 0 Å². The van der Waals surface area contributed by atoms with Gasteiger partial charge in [-0.15, -0.1) is 0 Å². The molecule has 3 nitrogen and oxygen atoms in total. The van der Waals surface area contributed by atoms with Crippen LogP contribution in [0.15, 0.2) is 0 Å². The van der Waals surface area contributed by atoms with E-state index in [2.05, 4.69) is 0 Å². The topological polar surface area (TPSA) is 46.5 Å². The molecule has 3 heteroatoms. The van der Waals surface area contributed by atoms with E-state index >= 15 is 0 Å². The molecule has 1 N–H and O–H groups in total. The molecule has 0 atom stereocenters. The van der Waals surface area contributed by atoms with Gasteiger partial charge in [-0.05, 0) is 32.6 Å². The van der Waals surface area contributed by atoms with Crippen molar-refractivity contribution in [3.8, 4) is 0 Å². The van der Waals surface area contributed by atoms with Crippen LogP contribution in [0.1, 0.15) is 51.9 Å². The Morgan fingerprint density at radius 2 is 1.62 bits per heavy atom. The molecule has 0 amide bonds.